The molecule has 1 heterocycles. The maximum Gasteiger partial charge on any atom is 0.325 e. The highest BCUT2D eigenvalue weighted by Crippen LogP contribution is 2.37. The zero-order valence-electron chi connectivity index (χ0n) is 8.40. The average Bonchev–Trinajstić information content (AvgIpc) is 2.74. The second-order valence-electron chi connectivity index (χ2n) is 3.66. The van der Waals surface area contributed by atoms with Crippen LogP contribution in [0.25, 0.3) is 0 Å². The number of imidazole rings is 1. The summed E-state index contributed by atoms with van der Waals surface area (Å²) in [5.74, 6) is 1.14. The van der Waals surface area contributed by atoms with Gasteiger partial charge in [0.1, 0.15) is 0 Å². The van der Waals surface area contributed by atoms with Crippen LogP contribution < -0.4 is 5.69 Å². The van der Waals surface area contributed by atoms with Crippen molar-refractivity contribution < 1.29 is 0 Å². The van der Waals surface area contributed by atoms with Crippen LogP contribution in [-0.2, 0) is 0 Å². The van der Waals surface area contributed by atoms with Crippen molar-refractivity contribution in [2.45, 2.75) is 37.5 Å². The van der Waals surface area contributed by atoms with Crippen LogP contribution in [0.2, 0.25) is 0 Å². The number of hydrogen-bond acceptors (Lipinski definition) is 2. The molecule has 1 aromatic rings. The molecule has 1 saturated carbocycles. The summed E-state index contributed by atoms with van der Waals surface area (Å²) in [4.78, 5) is 14.2. The van der Waals surface area contributed by atoms with Crippen molar-refractivity contribution in [1.82, 2.24) is 9.55 Å². The summed E-state index contributed by atoms with van der Waals surface area (Å²) in [5, 5.41) is 0.633. The Labute approximate surface area is 87.9 Å². The molecule has 14 heavy (non-hydrogen) atoms. The normalized spacial score (nSPS) is 26.9. The van der Waals surface area contributed by atoms with Crippen molar-refractivity contribution in [3.05, 3.63) is 22.9 Å². The van der Waals surface area contributed by atoms with E-state index in [9.17, 15) is 4.79 Å². The Hall–Kier alpha value is -0.640. The van der Waals surface area contributed by atoms with Gasteiger partial charge < -0.3 is 4.98 Å². The van der Waals surface area contributed by atoms with E-state index in [0.29, 0.717) is 11.3 Å². The second-order valence-corrected chi connectivity index (χ2v) is 5.18. The Morgan fingerprint density at radius 1 is 1.64 bits per heavy atom. The summed E-state index contributed by atoms with van der Waals surface area (Å²) in [6.45, 7) is 2.18. The molecule has 2 unspecified atom stereocenters. The van der Waals surface area contributed by atoms with Gasteiger partial charge in [-0.15, -0.1) is 0 Å². The van der Waals surface area contributed by atoms with Gasteiger partial charge in [0.15, 0.2) is 0 Å². The minimum atomic E-state index is 0.0404. The molecular weight excluding hydrogens is 196 g/mol. The molecule has 0 bridgehead atoms. The van der Waals surface area contributed by atoms with Crippen molar-refractivity contribution in [3.8, 4) is 0 Å². The van der Waals surface area contributed by atoms with Gasteiger partial charge in [-0.3, -0.25) is 4.57 Å². The number of H-pyrrole nitrogens is 1. The molecule has 0 aromatic carbocycles. The molecule has 78 valence electrons. The van der Waals surface area contributed by atoms with Crippen LogP contribution in [0.3, 0.4) is 0 Å². The monoisotopic (exact) mass is 212 g/mol. The fourth-order valence-electron chi connectivity index (χ4n) is 2.23. The fraction of sp³-hybridized carbons (Fsp3) is 0.700. The molecule has 1 aliphatic carbocycles. The molecule has 1 N–H and O–H groups in total. The van der Waals surface area contributed by atoms with Gasteiger partial charge in [0.2, 0.25) is 0 Å². The Kier molecular flexibility index (Phi) is 3.01. The lowest BCUT2D eigenvalue weighted by Gasteiger charge is -2.18. The summed E-state index contributed by atoms with van der Waals surface area (Å²) < 4.78 is 1.86. The molecule has 1 aliphatic rings. The molecule has 0 amide bonds. The van der Waals surface area contributed by atoms with Gasteiger partial charge in [0.25, 0.3) is 0 Å². The third-order valence-corrected chi connectivity index (χ3v) is 4.14. The van der Waals surface area contributed by atoms with Crippen LogP contribution in [0.5, 0.6) is 0 Å². The summed E-state index contributed by atoms with van der Waals surface area (Å²) in [6, 6.07) is 0.415. The van der Waals surface area contributed by atoms with Gasteiger partial charge in [0, 0.05) is 17.6 Å². The third-order valence-electron chi connectivity index (χ3n) is 2.83. The maximum absolute atomic E-state index is 11.5. The Morgan fingerprint density at radius 3 is 3.14 bits per heavy atom. The number of nitrogens with one attached hydrogen (secondary N) is 1. The SMILES string of the molecule is CCSC1CCCC1n1cc[nH]c1=O. The van der Waals surface area contributed by atoms with Crippen molar-refractivity contribution in [3.63, 3.8) is 0 Å². The molecule has 0 saturated heterocycles. The molecule has 1 aromatic heterocycles. The standard InChI is InChI=1S/C10H16N2OS/c1-2-14-9-5-3-4-8(9)12-7-6-11-10(12)13/h6-9H,2-5H2,1H3,(H,11,13). The van der Waals surface area contributed by atoms with Crippen molar-refractivity contribution in [2.75, 3.05) is 5.75 Å². The van der Waals surface area contributed by atoms with Crippen LogP contribution >= 0.6 is 11.8 Å². The minimum absolute atomic E-state index is 0.0404. The first-order chi connectivity index (χ1) is 6.83. The van der Waals surface area contributed by atoms with Gasteiger partial charge in [-0.05, 0) is 18.6 Å². The molecule has 4 heteroatoms. The van der Waals surface area contributed by atoms with Gasteiger partial charge in [0.05, 0.1) is 6.04 Å². The van der Waals surface area contributed by atoms with Crippen LogP contribution in [0.1, 0.15) is 32.2 Å². The molecule has 3 nitrogen and oxygen atoms in total. The number of rotatable bonds is 3. The van der Waals surface area contributed by atoms with Gasteiger partial charge >= 0.3 is 5.69 Å². The van der Waals surface area contributed by atoms with E-state index in [4.69, 9.17) is 0 Å². The number of thioether (sulfide) groups is 1. The van der Waals surface area contributed by atoms with E-state index in [1.54, 1.807) is 6.20 Å². The predicted octanol–water partition coefficient (Wildman–Crippen LogP) is 2.02. The van der Waals surface area contributed by atoms with E-state index in [1.807, 2.05) is 22.5 Å². The lowest BCUT2D eigenvalue weighted by atomic mass is 10.2. The number of aromatic nitrogens is 2. The van der Waals surface area contributed by atoms with E-state index in [1.165, 1.54) is 12.8 Å². The van der Waals surface area contributed by atoms with Crippen molar-refractivity contribution >= 4 is 11.8 Å². The molecule has 1 fully saturated rings. The first-order valence-corrected chi connectivity index (χ1v) is 6.25. The minimum Gasteiger partial charge on any atom is -0.313 e. The van der Waals surface area contributed by atoms with Crippen LogP contribution in [0.15, 0.2) is 17.2 Å². The quantitative estimate of drug-likeness (QED) is 0.832. The average molecular weight is 212 g/mol. The first kappa shape index (κ1) is 9.90. The largest absolute Gasteiger partial charge is 0.325 e. The molecule has 0 aliphatic heterocycles. The molecule has 0 radical (unpaired) electrons. The number of hydrogen-bond donors (Lipinski definition) is 1. The van der Waals surface area contributed by atoms with Gasteiger partial charge in [-0.25, -0.2) is 4.79 Å². The molecular formula is C10H16N2OS. The van der Waals surface area contributed by atoms with Gasteiger partial charge in [-0.1, -0.05) is 13.3 Å². The molecule has 2 atom stereocenters. The van der Waals surface area contributed by atoms with Crippen molar-refractivity contribution in [2.24, 2.45) is 0 Å². The zero-order valence-corrected chi connectivity index (χ0v) is 9.22. The van der Waals surface area contributed by atoms with E-state index in [2.05, 4.69) is 11.9 Å². The molecule has 2 rings (SSSR count). The second kappa shape index (κ2) is 4.26. The zero-order chi connectivity index (χ0) is 9.97. The number of nitrogens with zero attached hydrogens (tertiary/aromatic N) is 1. The Morgan fingerprint density at radius 2 is 2.50 bits per heavy atom. The van der Waals surface area contributed by atoms with Crippen molar-refractivity contribution in [1.29, 1.82) is 0 Å². The lowest BCUT2D eigenvalue weighted by molar-refractivity contribution is 0.513. The predicted molar refractivity (Wildman–Crippen MR) is 59.9 cm³/mol. The summed E-state index contributed by atoms with van der Waals surface area (Å²) in [6.07, 6.45) is 7.26. The first-order valence-electron chi connectivity index (χ1n) is 5.20. The Bertz CT molecular complexity index is 344. The third kappa shape index (κ3) is 1.75. The summed E-state index contributed by atoms with van der Waals surface area (Å²) in [5.41, 5.74) is 0.0404. The van der Waals surface area contributed by atoms with E-state index >= 15 is 0 Å². The van der Waals surface area contributed by atoms with Crippen LogP contribution in [0, 0.1) is 0 Å². The van der Waals surface area contributed by atoms with E-state index in [-0.39, 0.29) is 5.69 Å². The Balaban J connectivity index is 2.17. The van der Waals surface area contributed by atoms with E-state index in [0.717, 1.165) is 12.2 Å². The van der Waals surface area contributed by atoms with E-state index < -0.39 is 0 Å². The fourth-order valence-corrected chi connectivity index (χ4v) is 3.48. The molecule has 0 spiro atoms. The smallest absolute Gasteiger partial charge is 0.313 e. The lowest BCUT2D eigenvalue weighted by Crippen LogP contribution is -2.25. The summed E-state index contributed by atoms with van der Waals surface area (Å²) >= 11 is 1.98. The maximum atomic E-state index is 11.5. The highest BCUT2D eigenvalue weighted by atomic mass is 32.2. The van der Waals surface area contributed by atoms with Gasteiger partial charge in [-0.2, -0.15) is 11.8 Å². The van der Waals surface area contributed by atoms with Crippen LogP contribution in [-0.4, -0.2) is 20.6 Å². The highest BCUT2D eigenvalue weighted by molar-refractivity contribution is 7.99. The topological polar surface area (TPSA) is 37.8 Å². The van der Waals surface area contributed by atoms with Crippen LogP contribution in [0.4, 0.5) is 0 Å². The summed E-state index contributed by atoms with van der Waals surface area (Å²) in [7, 11) is 0. The number of aromatic amines is 1. The highest BCUT2D eigenvalue weighted by Gasteiger charge is 2.29.